The zero-order valence-electron chi connectivity index (χ0n) is 14.4. The zero-order chi connectivity index (χ0) is 18.1. The molecule has 3 heterocycles. The predicted molar refractivity (Wildman–Crippen MR) is 95.6 cm³/mol. The van der Waals surface area contributed by atoms with Crippen LogP contribution in [0.5, 0.6) is 0 Å². The van der Waals surface area contributed by atoms with Crippen molar-refractivity contribution in [2.24, 2.45) is 5.73 Å². The highest BCUT2D eigenvalue weighted by Gasteiger charge is 2.38. The molecule has 1 aliphatic heterocycles. The van der Waals surface area contributed by atoms with Crippen LogP contribution in [0.3, 0.4) is 0 Å². The van der Waals surface area contributed by atoms with Gasteiger partial charge >= 0.3 is 0 Å². The summed E-state index contributed by atoms with van der Waals surface area (Å²) in [5.41, 5.74) is 6.05. The van der Waals surface area contributed by atoms with E-state index in [-0.39, 0.29) is 0 Å². The Morgan fingerprint density at radius 1 is 1.23 bits per heavy atom. The van der Waals surface area contributed by atoms with Crippen molar-refractivity contribution in [1.82, 2.24) is 19.7 Å². The molecule has 0 radical (unpaired) electrons. The van der Waals surface area contributed by atoms with E-state index in [1.807, 2.05) is 25.1 Å². The van der Waals surface area contributed by atoms with Gasteiger partial charge in [0.25, 0.3) is 0 Å². The molecule has 0 spiro atoms. The van der Waals surface area contributed by atoms with E-state index in [4.69, 9.17) is 15.5 Å². The van der Waals surface area contributed by atoms with Gasteiger partial charge in [0.05, 0.1) is 0 Å². The molecule has 1 aliphatic rings. The molecule has 1 fully saturated rings. The van der Waals surface area contributed by atoms with Gasteiger partial charge in [-0.3, -0.25) is 4.79 Å². The van der Waals surface area contributed by atoms with Gasteiger partial charge in [-0.15, -0.1) is 5.10 Å². The lowest BCUT2D eigenvalue weighted by Gasteiger charge is -2.22. The quantitative estimate of drug-likeness (QED) is 0.780. The van der Waals surface area contributed by atoms with Gasteiger partial charge in [0, 0.05) is 23.9 Å². The molecule has 132 valence electrons. The summed E-state index contributed by atoms with van der Waals surface area (Å²) in [5, 5.41) is 4.66. The molecule has 7 nitrogen and oxygen atoms in total. The fourth-order valence-electron chi connectivity index (χ4n) is 3.15. The number of carbonyl (C=O) groups is 1. The monoisotopic (exact) mass is 349 g/mol. The van der Waals surface area contributed by atoms with Gasteiger partial charge in [-0.2, -0.15) is 4.68 Å². The van der Waals surface area contributed by atoms with Crippen molar-refractivity contribution >= 4 is 5.91 Å². The van der Waals surface area contributed by atoms with Crippen LogP contribution in [0, 0.1) is 0 Å². The Morgan fingerprint density at radius 3 is 2.65 bits per heavy atom. The minimum atomic E-state index is -0.504. The molecule has 2 aromatic heterocycles. The summed E-state index contributed by atoms with van der Waals surface area (Å²) in [6, 6.07) is 12.6. The van der Waals surface area contributed by atoms with Crippen LogP contribution in [0.25, 0.3) is 17.2 Å². The molecule has 0 saturated carbocycles. The van der Waals surface area contributed by atoms with Gasteiger partial charge in [0.2, 0.25) is 5.91 Å². The van der Waals surface area contributed by atoms with E-state index in [0.717, 1.165) is 24.2 Å². The molecule has 4 rings (SSSR count). The Labute approximate surface area is 150 Å². The standard InChI is InChI=1S/C19H19N5O2/c1-19(10-4-12-26-19)18-22-17(14-8-6-13(7-9-14)16(20)25)23-24(18)15-5-2-3-11-21-15/h2-3,5-9,11H,4,10,12H2,1H3,(H2,20,25)/t19-/m1/s1. The molecule has 1 aromatic carbocycles. The molecule has 1 amide bonds. The molecule has 2 N–H and O–H groups in total. The molecule has 26 heavy (non-hydrogen) atoms. The van der Waals surface area contributed by atoms with Crippen LogP contribution in [0.4, 0.5) is 0 Å². The number of hydrogen-bond acceptors (Lipinski definition) is 5. The fourth-order valence-corrected chi connectivity index (χ4v) is 3.15. The lowest BCUT2D eigenvalue weighted by Crippen LogP contribution is -2.25. The van der Waals surface area contributed by atoms with E-state index < -0.39 is 11.5 Å². The Balaban J connectivity index is 1.82. The number of ether oxygens (including phenoxy) is 1. The summed E-state index contributed by atoms with van der Waals surface area (Å²) < 4.78 is 7.71. The first-order chi connectivity index (χ1) is 12.6. The number of nitrogens with zero attached hydrogens (tertiary/aromatic N) is 4. The third-order valence-electron chi connectivity index (χ3n) is 4.59. The minimum Gasteiger partial charge on any atom is -0.367 e. The maximum atomic E-state index is 11.3. The van der Waals surface area contributed by atoms with Crippen molar-refractivity contribution in [3.8, 4) is 17.2 Å². The first kappa shape index (κ1) is 16.4. The molecule has 0 aliphatic carbocycles. The highest BCUT2D eigenvalue weighted by atomic mass is 16.5. The lowest BCUT2D eigenvalue weighted by molar-refractivity contribution is 0.00758. The second-order valence-corrected chi connectivity index (χ2v) is 6.48. The second-order valence-electron chi connectivity index (χ2n) is 6.48. The number of hydrogen-bond donors (Lipinski definition) is 1. The van der Waals surface area contributed by atoms with Crippen molar-refractivity contribution in [2.75, 3.05) is 6.61 Å². The van der Waals surface area contributed by atoms with Crippen LogP contribution in [0.2, 0.25) is 0 Å². The Morgan fingerprint density at radius 2 is 2.04 bits per heavy atom. The van der Waals surface area contributed by atoms with Crippen molar-refractivity contribution in [2.45, 2.75) is 25.4 Å². The van der Waals surface area contributed by atoms with Crippen LogP contribution >= 0.6 is 0 Å². The number of amides is 1. The van der Waals surface area contributed by atoms with Gasteiger partial charge in [-0.05, 0) is 44.0 Å². The number of benzene rings is 1. The van der Waals surface area contributed by atoms with Gasteiger partial charge in [-0.1, -0.05) is 18.2 Å². The average molecular weight is 349 g/mol. The minimum absolute atomic E-state index is 0.448. The first-order valence-corrected chi connectivity index (χ1v) is 8.50. The molecule has 0 bridgehead atoms. The SMILES string of the molecule is C[C@]1(c2nc(-c3ccc(C(N)=O)cc3)nn2-c2ccccn2)CCCO1. The highest BCUT2D eigenvalue weighted by Crippen LogP contribution is 2.36. The summed E-state index contributed by atoms with van der Waals surface area (Å²) in [7, 11) is 0. The van der Waals surface area contributed by atoms with Crippen LogP contribution in [0.1, 0.15) is 35.9 Å². The Kier molecular flexibility index (Phi) is 4.00. The smallest absolute Gasteiger partial charge is 0.248 e. The number of carbonyl (C=O) groups excluding carboxylic acids is 1. The molecule has 7 heteroatoms. The summed E-state index contributed by atoms with van der Waals surface area (Å²) in [6.45, 7) is 2.73. The Hall–Kier alpha value is -3.06. The first-order valence-electron chi connectivity index (χ1n) is 8.50. The van der Waals surface area contributed by atoms with Gasteiger partial charge < -0.3 is 10.5 Å². The summed E-state index contributed by atoms with van der Waals surface area (Å²) >= 11 is 0. The zero-order valence-corrected chi connectivity index (χ0v) is 14.4. The van der Waals surface area contributed by atoms with E-state index in [0.29, 0.717) is 23.8 Å². The van der Waals surface area contributed by atoms with Crippen molar-refractivity contribution in [3.63, 3.8) is 0 Å². The van der Waals surface area contributed by atoms with Crippen LogP contribution < -0.4 is 5.73 Å². The normalized spacial score (nSPS) is 19.6. The molecular weight excluding hydrogens is 330 g/mol. The second kappa shape index (κ2) is 6.34. The summed E-state index contributed by atoms with van der Waals surface area (Å²) in [4.78, 5) is 20.4. The summed E-state index contributed by atoms with van der Waals surface area (Å²) in [6.07, 6.45) is 3.58. The number of pyridine rings is 1. The van der Waals surface area contributed by atoms with Gasteiger partial charge in [0.15, 0.2) is 17.5 Å². The van der Waals surface area contributed by atoms with Crippen molar-refractivity contribution in [3.05, 3.63) is 60.0 Å². The third kappa shape index (κ3) is 2.86. The Bertz CT molecular complexity index is 928. The van der Waals surface area contributed by atoms with Crippen molar-refractivity contribution in [1.29, 1.82) is 0 Å². The maximum absolute atomic E-state index is 11.3. The van der Waals surface area contributed by atoms with Crippen LogP contribution in [-0.2, 0) is 10.3 Å². The van der Waals surface area contributed by atoms with Crippen molar-refractivity contribution < 1.29 is 9.53 Å². The maximum Gasteiger partial charge on any atom is 0.248 e. The summed E-state index contributed by atoms with van der Waals surface area (Å²) in [5.74, 6) is 1.50. The lowest BCUT2D eigenvalue weighted by atomic mass is 10.0. The number of nitrogens with two attached hydrogens (primary N) is 1. The van der Waals surface area contributed by atoms with Crippen LogP contribution in [0.15, 0.2) is 48.7 Å². The molecule has 0 unspecified atom stereocenters. The van der Waals surface area contributed by atoms with Crippen LogP contribution in [-0.4, -0.2) is 32.3 Å². The topological polar surface area (TPSA) is 95.9 Å². The molecule has 1 atom stereocenters. The molecular formula is C19H19N5O2. The van der Waals surface area contributed by atoms with E-state index in [1.165, 1.54) is 0 Å². The van der Waals surface area contributed by atoms with E-state index >= 15 is 0 Å². The number of rotatable bonds is 4. The highest BCUT2D eigenvalue weighted by molar-refractivity contribution is 5.93. The van der Waals surface area contributed by atoms with E-state index in [9.17, 15) is 4.79 Å². The fraction of sp³-hybridized carbons (Fsp3) is 0.263. The third-order valence-corrected chi connectivity index (χ3v) is 4.59. The van der Waals surface area contributed by atoms with E-state index in [2.05, 4.69) is 10.1 Å². The van der Waals surface area contributed by atoms with Gasteiger partial charge in [-0.25, -0.2) is 9.97 Å². The largest absolute Gasteiger partial charge is 0.367 e. The average Bonchev–Trinajstić information content (AvgIpc) is 3.30. The molecule has 3 aromatic rings. The molecule has 1 saturated heterocycles. The predicted octanol–water partition coefficient (Wildman–Crippen LogP) is 2.45. The van der Waals surface area contributed by atoms with E-state index in [1.54, 1.807) is 35.1 Å². The number of aromatic nitrogens is 4. The number of primary amides is 1. The van der Waals surface area contributed by atoms with Gasteiger partial charge in [0.1, 0.15) is 5.60 Å².